The van der Waals surface area contributed by atoms with E-state index in [4.69, 9.17) is 4.74 Å². The summed E-state index contributed by atoms with van der Waals surface area (Å²) >= 11 is 0. The normalized spacial score (nSPS) is 14.2. The highest BCUT2D eigenvalue weighted by atomic mass is 19.1. The Bertz CT molecular complexity index is 787. The third kappa shape index (κ3) is 4.20. The van der Waals surface area contributed by atoms with Gasteiger partial charge < -0.3 is 14.5 Å². The molecule has 3 rings (SSSR count). The van der Waals surface area contributed by atoms with Gasteiger partial charge in [-0.05, 0) is 42.8 Å². The summed E-state index contributed by atoms with van der Waals surface area (Å²) in [5.41, 5.74) is 0.916. The monoisotopic (exact) mass is 356 g/mol. The highest BCUT2D eigenvalue weighted by Gasteiger charge is 2.25. The van der Waals surface area contributed by atoms with Crippen LogP contribution in [0.1, 0.15) is 15.9 Å². The Labute approximate surface area is 152 Å². The highest BCUT2D eigenvalue weighted by Crippen LogP contribution is 2.14. The van der Waals surface area contributed by atoms with E-state index in [1.54, 1.807) is 34.9 Å². The lowest BCUT2D eigenvalue weighted by atomic mass is 10.1. The van der Waals surface area contributed by atoms with Crippen LogP contribution in [0.5, 0.6) is 5.75 Å². The van der Waals surface area contributed by atoms with Crippen LogP contribution in [0.15, 0.2) is 48.5 Å². The van der Waals surface area contributed by atoms with E-state index in [-0.39, 0.29) is 24.2 Å². The molecular formula is C20H21FN2O3. The molecule has 6 heteroatoms. The number of carbonyl (C=O) groups is 2. The summed E-state index contributed by atoms with van der Waals surface area (Å²) in [6.45, 7) is 3.44. The molecule has 2 amide bonds. The predicted octanol–water partition coefficient (Wildman–Crippen LogP) is 2.50. The lowest BCUT2D eigenvalue weighted by Crippen LogP contribution is -2.51. The van der Waals surface area contributed by atoms with Gasteiger partial charge in [0.25, 0.3) is 11.8 Å². The molecule has 2 aromatic rings. The first kappa shape index (κ1) is 17.9. The van der Waals surface area contributed by atoms with E-state index < -0.39 is 0 Å². The van der Waals surface area contributed by atoms with Crippen LogP contribution >= 0.6 is 0 Å². The fraction of sp³-hybridized carbons (Fsp3) is 0.300. The highest BCUT2D eigenvalue weighted by molar-refractivity contribution is 5.94. The standard InChI is InChI=1S/C20H21FN2O3/c1-15-13-16(7-8-18(15)21)20(25)23-11-9-22(10-12-23)19(24)14-26-17-5-3-2-4-6-17/h2-8,13H,9-12,14H2,1H3. The van der Waals surface area contributed by atoms with Gasteiger partial charge in [-0.25, -0.2) is 4.39 Å². The van der Waals surface area contributed by atoms with Gasteiger partial charge in [-0.2, -0.15) is 0 Å². The number of carbonyl (C=O) groups excluding carboxylic acids is 2. The van der Waals surface area contributed by atoms with Gasteiger partial charge in [-0.3, -0.25) is 9.59 Å². The number of hydrogen-bond donors (Lipinski definition) is 0. The van der Waals surface area contributed by atoms with Crippen LogP contribution in [0.2, 0.25) is 0 Å². The summed E-state index contributed by atoms with van der Waals surface area (Å²) in [6.07, 6.45) is 0. The van der Waals surface area contributed by atoms with Crippen molar-refractivity contribution >= 4 is 11.8 Å². The lowest BCUT2D eigenvalue weighted by Gasteiger charge is -2.34. The molecule has 0 N–H and O–H groups in total. The summed E-state index contributed by atoms with van der Waals surface area (Å²) in [5.74, 6) is 0.0936. The molecule has 0 atom stereocenters. The number of benzene rings is 2. The molecule has 1 fully saturated rings. The van der Waals surface area contributed by atoms with Gasteiger partial charge in [-0.15, -0.1) is 0 Å². The quantitative estimate of drug-likeness (QED) is 0.846. The average Bonchev–Trinajstić information content (AvgIpc) is 2.68. The van der Waals surface area contributed by atoms with Crippen molar-refractivity contribution < 1.29 is 18.7 Å². The molecule has 0 aliphatic carbocycles. The second kappa shape index (κ2) is 7.99. The Morgan fingerprint density at radius 2 is 1.65 bits per heavy atom. The van der Waals surface area contributed by atoms with Crippen LogP contribution in [-0.2, 0) is 4.79 Å². The molecule has 1 aliphatic rings. The molecule has 136 valence electrons. The third-order valence-corrected chi connectivity index (χ3v) is 4.43. The minimum absolute atomic E-state index is 0.0187. The van der Waals surface area contributed by atoms with Crippen LogP contribution in [0.3, 0.4) is 0 Å². The van der Waals surface area contributed by atoms with Crippen LogP contribution < -0.4 is 4.74 Å². The summed E-state index contributed by atoms with van der Waals surface area (Å²) < 4.78 is 18.8. The van der Waals surface area contributed by atoms with Crippen molar-refractivity contribution in [3.8, 4) is 5.75 Å². The molecule has 0 unspecified atom stereocenters. The molecular weight excluding hydrogens is 335 g/mol. The van der Waals surface area contributed by atoms with E-state index >= 15 is 0 Å². The Morgan fingerprint density at radius 3 is 2.31 bits per heavy atom. The van der Waals surface area contributed by atoms with Gasteiger partial charge in [0.05, 0.1) is 0 Å². The second-order valence-electron chi connectivity index (χ2n) is 6.24. The van der Waals surface area contributed by atoms with Gasteiger partial charge in [0.1, 0.15) is 11.6 Å². The number of amides is 2. The zero-order valence-corrected chi connectivity index (χ0v) is 14.7. The number of rotatable bonds is 4. The van der Waals surface area contributed by atoms with Gasteiger partial charge in [-0.1, -0.05) is 18.2 Å². The van der Waals surface area contributed by atoms with Gasteiger partial charge in [0.2, 0.25) is 0 Å². The fourth-order valence-corrected chi connectivity index (χ4v) is 2.87. The molecule has 0 radical (unpaired) electrons. The van der Waals surface area contributed by atoms with E-state index in [9.17, 15) is 14.0 Å². The molecule has 1 heterocycles. The molecule has 26 heavy (non-hydrogen) atoms. The summed E-state index contributed by atoms with van der Waals surface area (Å²) in [7, 11) is 0. The third-order valence-electron chi connectivity index (χ3n) is 4.43. The van der Waals surface area contributed by atoms with Crippen molar-refractivity contribution in [2.45, 2.75) is 6.92 Å². The Balaban J connectivity index is 1.51. The first-order valence-corrected chi connectivity index (χ1v) is 8.55. The van der Waals surface area contributed by atoms with E-state index in [0.717, 1.165) is 0 Å². The number of hydrogen-bond acceptors (Lipinski definition) is 3. The molecule has 0 aromatic heterocycles. The van der Waals surface area contributed by atoms with E-state index in [0.29, 0.717) is 43.1 Å². The van der Waals surface area contributed by atoms with Crippen LogP contribution in [0, 0.1) is 12.7 Å². The van der Waals surface area contributed by atoms with Crippen molar-refractivity contribution in [2.75, 3.05) is 32.8 Å². The first-order valence-electron chi connectivity index (χ1n) is 8.55. The topological polar surface area (TPSA) is 49.9 Å². The summed E-state index contributed by atoms with van der Waals surface area (Å²) in [5, 5.41) is 0. The maximum Gasteiger partial charge on any atom is 0.260 e. The summed E-state index contributed by atoms with van der Waals surface area (Å²) in [6, 6.07) is 13.5. The number of halogens is 1. The Morgan fingerprint density at radius 1 is 1.00 bits per heavy atom. The Kier molecular flexibility index (Phi) is 5.51. The number of ether oxygens (including phenoxy) is 1. The molecule has 0 bridgehead atoms. The largest absolute Gasteiger partial charge is 0.484 e. The molecule has 0 spiro atoms. The van der Waals surface area contributed by atoms with Gasteiger partial charge >= 0.3 is 0 Å². The van der Waals surface area contributed by atoms with E-state index in [1.165, 1.54) is 12.1 Å². The Hall–Kier alpha value is -2.89. The molecule has 5 nitrogen and oxygen atoms in total. The fourth-order valence-electron chi connectivity index (χ4n) is 2.87. The smallest absolute Gasteiger partial charge is 0.260 e. The predicted molar refractivity (Wildman–Crippen MR) is 95.6 cm³/mol. The van der Waals surface area contributed by atoms with Crippen molar-refractivity contribution in [1.82, 2.24) is 9.80 Å². The number of nitrogens with zero attached hydrogens (tertiary/aromatic N) is 2. The van der Waals surface area contributed by atoms with Crippen LogP contribution in [-0.4, -0.2) is 54.4 Å². The maximum absolute atomic E-state index is 13.4. The minimum Gasteiger partial charge on any atom is -0.484 e. The van der Waals surface area contributed by atoms with Crippen molar-refractivity contribution in [3.63, 3.8) is 0 Å². The van der Waals surface area contributed by atoms with Crippen molar-refractivity contribution in [1.29, 1.82) is 0 Å². The molecule has 0 saturated carbocycles. The van der Waals surface area contributed by atoms with E-state index in [2.05, 4.69) is 0 Å². The second-order valence-corrected chi connectivity index (χ2v) is 6.24. The van der Waals surface area contributed by atoms with Gasteiger partial charge in [0, 0.05) is 31.7 Å². The van der Waals surface area contributed by atoms with Crippen LogP contribution in [0.4, 0.5) is 4.39 Å². The number of aryl methyl sites for hydroxylation is 1. The molecule has 1 aliphatic heterocycles. The van der Waals surface area contributed by atoms with Crippen molar-refractivity contribution in [2.24, 2.45) is 0 Å². The SMILES string of the molecule is Cc1cc(C(=O)N2CCN(C(=O)COc3ccccc3)CC2)ccc1F. The minimum atomic E-state index is -0.324. The lowest BCUT2D eigenvalue weighted by molar-refractivity contribution is -0.134. The first-order chi connectivity index (χ1) is 12.5. The van der Waals surface area contributed by atoms with E-state index in [1.807, 2.05) is 18.2 Å². The molecule has 2 aromatic carbocycles. The molecule has 1 saturated heterocycles. The zero-order valence-electron chi connectivity index (χ0n) is 14.7. The van der Waals surface area contributed by atoms with Gasteiger partial charge in [0.15, 0.2) is 6.61 Å². The number of para-hydroxylation sites is 1. The zero-order chi connectivity index (χ0) is 18.5. The summed E-state index contributed by atoms with van der Waals surface area (Å²) in [4.78, 5) is 28.2. The van der Waals surface area contributed by atoms with Crippen molar-refractivity contribution in [3.05, 3.63) is 65.5 Å². The maximum atomic E-state index is 13.4. The average molecular weight is 356 g/mol. The van der Waals surface area contributed by atoms with Crippen LogP contribution in [0.25, 0.3) is 0 Å². The number of piperazine rings is 1.